The predicted molar refractivity (Wildman–Crippen MR) is 99.6 cm³/mol. The Morgan fingerprint density at radius 2 is 1.93 bits per heavy atom. The van der Waals surface area contributed by atoms with E-state index in [1.807, 2.05) is 0 Å². The van der Waals surface area contributed by atoms with E-state index < -0.39 is 22.2 Å². The molecule has 1 aliphatic rings. The fraction of sp³-hybridized carbons (Fsp3) is 0.389. The Balaban J connectivity index is 1.61. The summed E-state index contributed by atoms with van der Waals surface area (Å²) < 4.78 is 10.7. The highest BCUT2D eigenvalue weighted by Crippen LogP contribution is 2.19. The second kappa shape index (κ2) is 10.3. The molecule has 10 heteroatoms. The number of allylic oxidation sites excluding steroid dienone is 1. The topological polar surface area (TPSA) is 149 Å². The second-order valence-corrected chi connectivity index (χ2v) is 6.13. The molecule has 2 N–H and O–H groups in total. The lowest BCUT2D eigenvalue weighted by Gasteiger charge is -2.19. The summed E-state index contributed by atoms with van der Waals surface area (Å²) in [5.41, 5.74) is -0.0355. The number of ether oxygens (including phenoxy) is 2. The molecule has 1 aliphatic carbocycles. The Morgan fingerprint density at radius 1 is 1.21 bits per heavy atom. The number of nitro groups is 2. The zero-order valence-corrected chi connectivity index (χ0v) is 15.0. The van der Waals surface area contributed by atoms with Crippen LogP contribution in [-0.4, -0.2) is 33.2 Å². The summed E-state index contributed by atoms with van der Waals surface area (Å²) in [6.07, 6.45) is 5.20. The highest BCUT2D eigenvalue weighted by Gasteiger charge is 2.18. The highest BCUT2D eigenvalue weighted by atomic mass is 16.6. The third kappa shape index (κ3) is 6.89. The molecule has 1 aromatic rings. The molecular weight excluding hydrogens is 370 g/mol. The minimum Gasteiger partial charge on any atom is -0.444 e. The standard InChI is InChI=1S/C18H21N3O7/c19-17(27-15-9-5-13(6-10-15)20(23)24)3-1-2-4-18(22)28-16-11-7-14(8-12-16)21(25)26/h5-11,16,18-19,22H,1-4,12H2. The molecule has 2 atom stereocenters. The lowest BCUT2D eigenvalue weighted by atomic mass is 10.1. The lowest BCUT2D eigenvalue weighted by Crippen LogP contribution is -2.22. The van der Waals surface area contributed by atoms with E-state index in [0.717, 1.165) is 0 Å². The van der Waals surface area contributed by atoms with Crippen LogP contribution in [0.25, 0.3) is 0 Å². The van der Waals surface area contributed by atoms with Crippen LogP contribution in [0, 0.1) is 25.6 Å². The largest absolute Gasteiger partial charge is 0.444 e. The Kier molecular flexibility index (Phi) is 7.78. The van der Waals surface area contributed by atoms with E-state index in [-0.39, 0.29) is 17.3 Å². The van der Waals surface area contributed by atoms with E-state index in [1.54, 1.807) is 6.08 Å². The molecule has 0 bridgehead atoms. The Morgan fingerprint density at radius 3 is 2.50 bits per heavy atom. The van der Waals surface area contributed by atoms with Crippen molar-refractivity contribution in [2.24, 2.45) is 0 Å². The minimum absolute atomic E-state index is 0.0147. The van der Waals surface area contributed by atoms with E-state index in [0.29, 0.717) is 37.9 Å². The van der Waals surface area contributed by atoms with Crippen molar-refractivity contribution >= 4 is 11.6 Å². The number of non-ortho nitro benzene ring substituents is 1. The Hall–Kier alpha value is -3.11. The first-order valence-corrected chi connectivity index (χ1v) is 8.71. The van der Waals surface area contributed by atoms with Gasteiger partial charge in [-0.15, -0.1) is 0 Å². The fourth-order valence-corrected chi connectivity index (χ4v) is 2.53. The van der Waals surface area contributed by atoms with Gasteiger partial charge in [-0.1, -0.05) is 0 Å². The van der Waals surface area contributed by atoms with Gasteiger partial charge >= 0.3 is 0 Å². The van der Waals surface area contributed by atoms with Crippen LogP contribution in [0.3, 0.4) is 0 Å². The van der Waals surface area contributed by atoms with Gasteiger partial charge in [0.1, 0.15) is 5.75 Å². The van der Waals surface area contributed by atoms with E-state index in [2.05, 4.69) is 0 Å². The first-order valence-electron chi connectivity index (χ1n) is 8.71. The fourth-order valence-electron chi connectivity index (χ4n) is 2.53. The van der Waals surface area contributed by atoms with Gasteiger partial charge in [-0.3, -0.25) is 25.6 Å². The number of nitro benzene ring substituents is 1. The average Bonchev–Trinajstić information content (AvgIpc) is 2.66. The maximum absolute atomic E-state index is 10.6. The molecule has 0 spiro atoms. The summed E-state index contributed by atoms with van der Waals surface area (Å²) in [4.78, 5) is 20.2. The summed E-state index contributed by atoms with van der Waals surface area (Å²) in [5, 5.41) is 38.9. The lowest BCUT2D eigenvalue weighted by molar-refractivity contribution is -0.419. The summed E-state index contributed by atoms with van der Waals surface area (Å²) in [6.45, 7) is 0. The van der Waals surface area contributed by atoms with Gasteiger partial charge in [0.25, 0.3) is 11.4 Å². The number of unbranched alkanes of at least 4 members (excludes halogenated alkanes) is 1. The highest BCUT2D eigenvalue weighted by molar-refractivity contribution is 5.75. The maximum atomic E-state index is 10.6. The van der Waals surface area contributed by atoms with Crippen molar-refractivity contribution < 1.29 is 24.4 Å². The second-order valence-electron chi connectivity index (χ2n) is 6.13. The third-order valence-electron chi connectivity index (χ3n) is 3.98. The van der Waals surface area contributed by atoms with E-state index in [1.165, 1.54) is 36.4 Å². The molecule has 2 unspecified atom stereocenters. The van der Waals surface area contributed by atoms with Crippen LogP contribution in [0.5, 0.6) is 5.75 Å². The zero-order chi connectivity index (χ0) is 20.5. The third-order valence-corrected chi connectivity index (χ3v) is 3.98. The number of nitrogens with one attached hydrogen (secondary N) is 1. The van der Waals surface area contributed by atoms with Gasteiger partial charge in [0, 0.05) is 31.1 Å². The van der Waals surface area contributed by atoms with Crippen molar-refractivity contribution in [3.8, 4) is 5.75 Å². The van der Waals surface area contributed by atoms with Crippen LogP contribution in [-0.2, 0) is 4.74 Å². The molecule has 0 fully saturated rings. The molecule has 0 heterocycles. The zero-order valence-electron chi connectivity index (χ0n) is 15.0. The van der Waals surface area contributed by atoms with Gasteiger partial charge in [-0.2, -0.15) is 0 Å². The minimum atomic E-state index is -0.995. The van der Waals surface area contributed by atoms with Crippen molar-refractivity contribution in [3.05, 3.63) is 68.4 Å². The molecule has 0 amide bonds. The molecule has 0 aliphatic heterocycles. The van der Waals surface area contributed by atoms with Crippen LogP contribution in [0.1, 0.15) is 32.1 Å². The predicted octanol–water partition coefficient (Wildman–Crippen LogP) is 3.34. The monoisotopic (exact) mass is 391 g/mol. The molecule has 0 saturated heterocycles. The summed E-state index contributed by atoms with van der Waals surface area (Å²) in [5.74, 6) is 0.377. The van der Waals surface area contributed by atoms with Gasteiger partial charge in [0.05, 0.1) is 16.0 Å². The van der Waals surface area contributed by atoms with Crippen LogP contribution in [0.15, 0.2) is 48.2 Å². The maximum Gasteiger partial charge on any atom is 0.269 e. The molecule has 150 valence electrons. The number of benzene rings is 1. The van der Waals surface area contributed by atoms with Crippen LogP contribution in [0.2, 0.25) is 0 Å². The number of nitrogens with zero attached hydrogens (tertiary/aromatic N) is 2. The molecule has 0 radical (unpaired) electrons. The Labute approximate surface area is 160 Å². The number of aliphatic hydroxyl groups excluding tert-OH is 1. The summed E-state index contributed by atoms with van der Waals surface area (Å²) in [7, 11) is 0. The van der Waals surface area contributed by atoms with Gasteiger partial charge in [-0.05, 0) is 43.5 Å². The van der Waals surface area contributed by atoms with Crippen molar-refractivity contribution in [2.45, 2.75) is 44.5 Å². The number of hydrogen-bond acceptors (Lipinski definition) is 8. The van der Waals surface area contributed by atoms with Gasteiger partial charge < -0.3 is 14.6 Å². The number of hydrogen-bond donors (Lipinski definition) is 2. The van der Waals surface area contributed by atoms with Gasteiger partial charge in [-0.25, -0.2) is 0 Å². The molecule has 28 heavy (non-hydrogen) atoms. The van der Waals surface area contributed by atoms with Crippen molar-refractivity contribution in [1.29, 1.82) is 5.41 Å². The average molecular weight is 391 g/mol. The van der Waals surface area contributed by atoms with Gasteiger partial charge in [0.2, 0.25) is 0 Å². The molecule has 2 rings (SSSR count). The Bertz CT molecular complexity index is 774. The van der Waals surface area contributed by atoms with Crippen LogP contribution < -0.4 is 4.74 Å². The SMILES string of the molecule is N=C(CCCCC(O)OC1C=CC([N+](=O)[O-])=CC1)Oc1ccc([N+](=O)[O-])cc1. The van der Waals surface area contributed by atoms with E-state index in [4.69, 9.17) is 14.9 Å². The van der Waals surface area contributed by atoms with Crippen LogP contribution in [0.4, 0.5) is 5.69 Å². The van der Waals surface area contributed by atoms with Crippen LogP contribution >= 0.6 is 0 Å². The first kappa shape index (κ1) is 21.2. The van der Waals surface area contributed by atoms with E-state index in [9.17, 15) is 25.3 Å². The van der Waals surface area contributed by atoms with Gasteiger partial charge in [0.15, 0.2) is 12.2 Å². The first-order chi connectivity index (χ1) is 13.3. The molecule has 0 saturated carbocycles. The molecule has 0 aromatic heterocycles. The molecular formula is C18H21N3O7. The van der Waals surface area contributed by atoms with Crippen molar-refractivity contribution in [1.82, 2.24) is 0 Å². The summed E-state index contributed by atoms with van der Waals surface area (Å²) in [6, 6.07) is 5.47. The smallest absolute Gasteiger partial charge is 0.269 e. The quantitative estimate of drug-likeness (QED) is 0.155. The van der Waals surface area contributed by atoms with E-state index >= 15 is 0 Å². The molecule has 1 aromatic carbocycles. The summed E-state index contributed by atoms with van der Waals surface area (Å²) >= 11 is 0. The normalized spacial score (nSPS) is 16.9. The molecule has 10 nitrogen and oxygen atoms in total. The number of rotatable bonds is 10. The van der Waals surface area contributed by atoms with Crippen molar-refractivity contribution in [3.63, 3.8) is 0 Å². The number of aliphatic hydroxyl groups is 1. The van der Waals surface area contributed by atoms with Crippen molar-refractivity contribution in [2.75, 3.05) is 0 Å².